The highest BCUT2D eigenvalue weighted by atomic mass is 15.1. The number of hydrogen-bond acceptors (Lipinski definition) is 3. The van der Waals surface area contributed by atoms with Gasteiger partial charge in [-0.3, -0.25) is 4.98 Å². The number of pyridine rings is 1. The Labute approximate surface area is 95.4 Å². The Morgan fingerprint density at radius 3 is 2.75 bits per heavy atom. The molecule has 4 heteroatoms. The van der Waals surface area contributed by atoms with Crippen molar-refractivity contribution in [2.24, 2.45) is 7.05 Å². The Morgan fingerprint density at radius 1 is 1.25 bits per heavy atom. The molecule has 0 aliphatic rings. The number of hydrogen-bond donors (Lipinski definition) is 1. The van der Waals surface area contributed by atoms with Gasteiger partial charge in [0.05, 0.1) is 6.54 Å². The molecule has 0 radical (unpaired) electrons. The molecule has 2 aromatic rings. The maximum atomic E-state index is 4.25. The zero-order valence-corrected chi connectivity index (χ0v) is 9.64. The molecule has 0 amide bonds. The molecule has 0 aliphatic carbocycles. The van der Waals surface area contributed by atoms with Crippen LogP contribution in [-0.4, -0.2) is 14.5 Å². The summed E-state index contributed by atoms with van der Waals surface area (Å²) in [5, 5.41) is 3.34. The summed E-state index contributed by atoms with van der Waals surface area (Å²) in [4.78, 5) is 8.50. The average Bonchev–Trinajstić information content (AvgIpc) is 2.68. The van der Waals surface area contributed by atoms with Crippen molar-refractivity contribution in [3.05, 3.63) is 47.8 Å². The minimum Gasteiger partial charge on any atom is -0.337 e. The molecule has 2 rings (SSSR count). The summed E-state index contributed by atoms with van der Waals surface area (Å²) in [5.74, 6) is 1.04. The summed E-state index contributed by atoms with van der Waals surface area (Å²) in [5.41, 5.74) is 2.24. The summed E-state index contributed by atoms with van der Waals surface area (Å²) in [6, 6.07) is 4.12. The standard InChI is InChI=1S/C12H16N4/c1-10-3-4-11(8-15-10)7-13-9-12-14-5-6-16(12)2/h3-6,8,13H,7,9H2,1-2H3. The third-order valence-corrected chi connectivity index (χ3v) is 2.51. The molecule has 2 aromatic heterocycles. The van der Waals surface area contributed by atoms with Gasteiger partial charge < -0.3 is 9.88 Å². The van der Waals surface area contributed by atoms with Crippen molar-refractivity contribution in [3.8, 4) is 0 Å². The van der Waals surface area contributed by atoms with Crippen LogP contribution < -0.4 is 5.32 Å². The van der Waals surface area contributed by atoms with Gasteiger partial charge in [0.2, 0.25) is 0 Å². The van der Waals surface area contributed by atoms with Crippen molar-refractivity contribution in [1.29, 1.82) is 0 Å². The topological polar surface area (TPSA) is 42.7 Å². The van der Waals surface area contributed by atoms with E-state index in [1.165, 1.54) is 5.56 Å². The number of nitrogens with one attached hydrogen (secondary N) is 1. The number of aromatic nitrogens is 3. The van der Waals surface area contributed by atoms with Crippen LogP contribution in [0.2, 0.25) is 0 Å². The Bertz CT molecular complexity index is 444. The molecule has 0 aromatic carbocycles. The maximum Gasteiger partial charge on any atom is 0.122 e. The molecule has 2 heterocycles. The lowest BCUT2D eigenvalue weighted by Crippen LogP contribution is -2.15. The van der Waals surface area contributed by atoms with Crippen molar-refractivity contribution in [3.63, 3.8) is 0 Å². The van der Waals surface area contributed by atoms with Gasteiger partial charge in [-0.1, -0.05) is 6.07 Å². The molecule has 1 N–H and O–H groups in total. The van der Waals surface area contributed by atoms with Gasteiger partial charge >= 0.3 is 0 Å². The third-order valence-electron chi connectivity index (χ3n) is 2.51. The smallest absolute Gasteiger partial charge is 0.122 e. The van der Waals surface area contributed by atoms with Gasteiger partial charge in [0, 0.05) is 37.9 Å². The van der Waals surface area contributed by atoms with Crippen LogP contribution in [0.15, 0.2) is 30.7 Å². The minimum absolute atomic E-state index is 0.775. The third kappa shape index (κ3) is 2.67. The van der Waals surface area contributed by atoms with Crippen LogP contribution in [0.1, 0.15) is 17.1 Å². The molecule has 0 aliphatic heterocycles. The minimum atomic E-state index is 0.775. The molecule has 0 fully saturated rings. The van der Waals surface area contributed by atoms with Gasteiger partial charge in [0.15, 0.2) is 0 Å². The second kappa shape index (κ2) is 4.90. The van der Waals surface area contributed by atoms with Gasteiger partial charge in [0.25, 0.3) is 0 Å². The largest absolute Gasteiger partial charge is 0.337 e. The van der Waals surface area contributed by atoms with Crippen molar-refractivity contribution in [2.75, 3.05) is 0 Å². The van der Waals surface area contributed by atoms with E-state index in [9.17, 15) is 0 Å². The fraction of sp³-hybridized carbons (Fsp3) is 0.333. The second-order valence-corrected chi connectivity index (χ2v) is 3.87. The molecule has 0 unspecified atom stereocenters. The number of nitrogens with zero attached hydrogens (tertiary/aromatic N) is 3. The first-order chi connectivity index (χ1) is 7.75. The number of aryl methyl sites for hydroxylation is 2. The lowest BCUT2D eigenvalue weighted by atomic mass is 10.2. The summed E-state index contributed by atoms with van der Waals surface area (Å²) in [6.45, 7) is 3.59. The zero-order chi connectivity index (χ0) is 11.4. The molecule has 0 saturated carbocycles. The summed E-state index contributed by atoms with van der Waals surface area (Å²) < 4.78 is 2.01. The molecule has 0 spiro atoms. The Morgan fingerprint density at radius 2 is 2.12 bits per heavy atom. The molecule has 16 heavy (non-hydrogen) atoms. The molecule has 4 nitrogen and oxygen atoms in total. The van der Waals surface area contributed by atoms with E-state index in [4.69, 9.17) is 0 Å². The molecule has 0 bridgehead atoms. The number of imidazole rings is 1. The monoisotopic (exact) mass is 216 g/mol. The second-order valence-electron chi connectivity index (χ2n) is 3.87. The van der Waals surface area contributed by atoms with E-state index >= 15 is 0 Å². The quantitative estimate of drug-likeness (QED) is 0.840. The summed E-state index contributed by atoms with van der Waals surface area (Å²) in [6.07, 6.45) is 5.66. The molecule has 0 saturated heterocycles. The number of rotatable bonds is 4. The highest BCUT2D eigenvalue weighted by Crippen LogP contribution is 1.99. The van der Waals surface area contributed by atoms with Crippen LogP contribution in [0, 0.1) is 6.92 Å². The molecular weight excluding hydrogens is 200 g/mol. The first-order valence-electron chi connectivity index (χ1n) is 5.34. The summed E-state index contributed by atoms with van der Waals surface area (Å²) >= 11 is 0. The Hall–Kier alpha value is -1.68. The van der Waals surface area contributed by atoms with E-state index in [1.807, 2.05) is 43.2 Å². The fourth-order valence-electron chi connectivity index (χ4n) is 1.49. The Balaban J connectivity index is 1.84. The zero-order valence-electron chi connectivity index (χ0n) is 9.64. The van der Waals surface area contributed by atoms with Crippen LogP contribution in [-0.2, 0) is 20.1 Å². The van der Waals surface area contributed by atoms with Crippen LogP contribution in [0.5, 0.6) is 0 Å². The predicted octanol–water partition coefficient (Wildman–Crippen LogP) is 1.41. The highest BCUT2D eigenvalue weighted by Gasteiger charge is 1.98. The van der Waals surface area contributed by atoms with E-state index in [-0.39, 0.29) is 0 Å². The lowest BCUT2D eigenvalue weighted by molar-refractivity contribution is 0.637. The first kappa shape index (κ1) is 10.8. The van der Waals surface area contributed by atoms with Gasteiger partial charge in [-0.25, -0.2) is 4.98 Å². The molecular formula is C12H16N4. The van der Waals surface area contributed by atoms with Crippen molar-refractivity contribution in [2.45, 2.75) is 20.0 Å². The van der Waals surface area contributed by atoms with Crippen LogP contribution in [0.3, 0.4) is 0 Å². The van der Waals surface area contributed by atoms with Gasteiger partial charge in [-0.05, 0) is 18.6 Å². The molecule has 84 valence electrons. The lowest BCUT2D eigenvalue weighted by Gasteiger charge is -2.05. The van der Waals surface area contributed by atoms with Crippen LogP contribution in [0.25, 0.3) is 0 Å². The SMILES string of the molecule is Cc1ccc(CNCc2nccn2C)cn1. The highest BCUT2D eigenvalue weighted by molar-refractivity contribution is 5.12. The van der Waals surface area contributed by atoms with Gasteiger partial charge in [0.1, 0.15) is 5.82 Å². The van der Waals surface area contributed by atoms with Crippen molar-refractivity contribution >= 4 is 0 Å². The van der Waals surface area contributed by atoms with Crippen molar-refractivity contribution < 1.29 is 0 Å². The Kier molecular flexibility index (Phi) is 3.31. The fourth-order valence-corrected chi connectivity index (χ4v) is 1.49. The van der Waals surface area contributed by atoms with Crippen LogP contribution >= 0.6 is 0 Å². The van der Waals surface area contributed by atoms with E-state index in [0.717, 1.165) is 24.6 Å². The van der Waals surface area contributed by atoms with E-state index in [1.54, 1.807) is 0 Å². The van der Waals surface area contributed by atoms with E-state index < -0.39 is 0 Å². The molecule has 0 atom stereocenters. The first-order valence-corrected chi connectivity index (χ1v) is 5.34. The van der Waals surface area contributed by atoms with E-state index in [0.29, 0.717) is 0 Å². The van der Waals surface area contributed by atoms with E-state index in [2.05, 4.69) is 21.4 Å². The van der Waals surface area contributed by atoms with Gasteiger partial charge in [-0.2, -0.15) is 0 Å². The maximum absolute atomic E-state index is 4.25. The van der Waals surface area contributed by atoms with Crippen molar-refractivity contribution in [1.82, 2.24) is 19.9 Å². The predicted molar refractivity (Wildman–Crippen MR) is 62.7 cm³/mol. The average molecular weight is 216 g/mol. The van der Waals surface area contributed by atoms with Gasteiger partial charge in [-0.15, -0.1) is 0 Å². The van der Waals surface area contributed by atoms with Crippen LogP contribution in [0.4, 0.5) is 0 Å². The normalized spacial score (nSPS) is 10.6. The summed E-state index contributed by atoms with van der Waals surface area (Å²) in [7, 11) is 2.00.